The van der Waals surface area contributed by atoms with Crippen molar-refractivity contribution >= 4 is 34.3 Å². The molecule has 3 rings (SSSR count). The average molecular weight is 379 g/mol. The highest BCUT2D eigenvalue weighted by Gasteiger charge is 2.51. The summed E-state index contributed by atoms with van der Waals surface area (Å²) in [4.78, 5) is 37.9. The highest BCUT2D eigenvalue weighted by atomic mass is 32.1. The van der Waals surface area contributed by atoms with Crippen LogP contribution in [0.2, 0.25) is 0 Å². The van der Waals surface area contributed by atoms with Gasteiger partial charge in [0.15, 0.2) is 0 Å². The first-order valence-corrected chi connectivity index (χ1v) is 10.1. The van der Waals surface area contributed by atoms with Gasteiger partial charge in [-0.05, 0) is 25.7 Å². The largest absolute Gasteiger partial charge is 0.325 e. The Morgan fingerprint density at radius 3 is 2.77 bits per heavy atom. The lowest BCUT2D eigenvalue weighted by molar-refractivity contribution is -0.131. The fourth-order valence-electron chi connectivity index (χ4n) is 3.51. The van der Waals surface area contributed by atoms with E-state index in [-0.39, 0.29) is 30.8 Å². The Morgan fingerprint density at radius 2 is 2.04 bits per heavy atom. The molecule has 8 nitrogen and oxygen atoms in total. The molecule has 0 atom stereocenters. The monoisotopic (exact) mass is 379 g/mol. The number of anilines is 1. The molecule has 1 aliphatic carbocycles. The maximum Gasteiger partial charge on any atom is 0.325 e. The SMILES string of the molecule is CCCCc1nnc(NC(=O)CCCN2C(=O)NC3(CCCC3)C2=O)s1. The number of urea groups is 1. The maximum atomic E-state index is 12.5. The van der Waals surface area contributed by atoms with Crippen LogP contribution >= 0.6 is 11.3 Å². The molecule has 2 aliphatic rings. The lowest BCUT2D eigenvalue weighted by atomic mass is 9.98. The Bertz CT molecular complexity index is 684. The molecule has 1 saturated heterocycles. The Kier molecular flexibility index (Phi) is 5.85. The Balaban J connectivity index is 1.43. The molecule has 1 spiro atoms. The molecule has 1 aromatic rings. The Labute approximate surface area is 156 Å². The van der Waals surface area contributed by atoms with E-state index >= 15 is 0 Å². The summed E-state index contributed by atoms with van der Waals surface area (Å²) in [6.45, 7) is 2.38. The van der Waals surface area contributed by atoms with Crippen molar-refractivity contribution in [1.29, 1.82) is 0 Å². The van der Waals surface area contributed by atoms with Gasteiger partial charge >= 0.3 is 6.03 Å². The summed E-state index contributed by atoms with van der Waals surface area (Å²) in [6, 6.07) is -0.331. The maximum absolute atomic E-state index is 12.5. The van der Waals surface area contributed by atoms with E-state index in [1.807, 2.05) is 0 Å². The van der Waals surface area contributed by atoms with Crippen LogP contribution in [0.15, 0.2) is 0 Å². The van der Waals surface area contributed by atoms with Crippen LogP contribution in [0, 0.1) is 0 Å². The number of nitrogens with zero attached hydrogens (tertiary/aromatic N) is 3. The van der Waals surface area contributed by atoms with Gasteiger partial charge in [-0.1, -0.05) is 37.5 Å². The van der Waals surface area contributed by atoms with Crippen LogP contribution in [0.4, 0.5) is 9.93 Å². The van der Waals surface area contributed by atoms with E-state index in [0.717, 1.165) is 37.1 Å². The van der Waals surface area contributed by atoms with Gasteiger partial charge in [-0.3, -0.25) is 14.5 Å². The number of carbonyl (C=O) groups excluding carboxylic acids is 3. The van der Waals surface area contributed by atoms with E-state index < -0.39 is 5.54 Å². The molecular formula is C17H25N5O3S. The number of unbranched alkanes of at least 4 members (excludes halogenated alkanes) is 1. The van der Waals surface area contributed by atoms with Gasteiger partial charge in [0, 0.05) is 19.4 Å². The topological polar surface area (TPSA) is 104 Å². The number of imide groups is 1. The van der Waals surface area contributed by atoms with Crippen molar-refractivity contribution < 1.29 is 14.4 Å². The second-order valence-electron chi connectivity index (χ2n) is 6.93. The predicted molar refractivity (Wildman–Crippen MR) is 97.8 cm³/mol. The smallest absolute Gasteiger partial charge is 0.323 e. The van der Waals surface area contributed by atoms with E-state index in [4.69, 9.17) is 0 Å². The summed E-state index contributed by atoms with van der Waals surface area (Å²) in [5.74, 6) is -0.309. The van der Waals surface area contributed by atoms with E-state index in [1.165, 1.54) is 16.2 Å². The van der Waals surface area contributed by atoms with E-state index in [0.29, 0.717) is 24.4 Å². The lowest BCUT2D eigenvalue weighted by Gasteiger charge is -2.19. The lowest BCUT2D eigenvalue weighted by Crippen LogP contribution is -2.44. The van der Waals surface area contributed by atoms with E-state index in [9.17, 15) is 14.4 Å². The number of hydrogen-bond donors (Lipinski definition) is 2. The molecular weight excluding hydrogens is 354 g/mol. The molecule has 0 radical (unpaired) electrons. The minimum Gasteiger partial charge on any atom is -0.323 e. The normalized spacial score (nSPS) is 18.6. The molecule has 0 unspecified atom stereocenters. The van der Waals surface area contributed by atoms with Gasteiger partial charge in [-0.15, -0.1) is 10.2 Å². The van der Waals surface area contributed by atoms with Gasteiger partial charge in [0.05, 0.1) is 0 Å². The molecule has 2 heterocycles. The van der Waals surface area contributed by atoms with Gasteiger partial charge in [0.1, 0.15) is 10.5 Å². The van der Waals surface area contributed by atoms with Crippen molar-refractivity contribution in [3.8, 4) is 0 Å². The van der Waals surface area contributed by atoms with Crippen LogP contribution in [0.5, 0.6) is 0 Å². The summed E-state index contributed by atoms with van der Waals surface area (Å²) < 4.78 is 0. The van der Waals surface area contributed by atoms with E-state index in [2.05, 4.69) is 27.8 Å². The fourth-order valence-corrected chi connectivity index (χ4v) is 4.31. The number of aryl methyl sites for hydroxylation is 1. The highest BCUT2D eigenvalue weighted by molar-refractivity contribution is 7.15. The zero-order valence-corrected chi connectivity index (χ0v) is 15.9. The van der Waals surface area contributed by atoms with Crippen LogP contribution in [-0.4, -0.2) is 45.0 Å². The predicted octanol–water partition coefficient (Wildman–Crippen LogP) is 2.46. The third-order valence-corrected chi connectivity index (χ3v) is 5.84. The van der Waals surface area contributed by atoms with Gasteiger partial charge in [0.2, 0.25) is 11.0 Å². The first-order valence-electron chi connectivity index (χ1n) is 9.30. The molecule has 0 bridgehead atoms. The van der Waals surface area contributed by atoms with Crippen LogP contribution in [0.1, 0.15) is 63.3 Å². The Morgan fingerprint density at radius 1 is 1.27 bits per heavy atom. The molecule has 1 saturated carbocycles. The van der Waals surface area contributed by atoms with Crippen LogP contribution in [0.3, 0.4) is 0 Å². The van der Waals surface area contributed by atoms with Crippen molar-refractivity contribution in [2.75, 3.05) is 11.9 Å². The fraction of sp³-hybridized carbons (Fsp3) is 0.706. The van der Waals surface area contributed by atoms with Crippen LogP contribution < -0.4 is 10.6 Å². The van der Waals surface area contributed by atoms with Crippen molar-refractivity contribution in [3.05, 3.63) is 5.01 Å². The summed E-state index contributed by atoms with van der Waals surface area (Å²) in [7, 11) is 0. The van der Waals surface area contributed by atoms with Crippen LogP contribution in [-0.2, 0) is 16.0 Å². The molecule has 142 valence electrons. The van der Waals surface area contributed by atoms with Crippen molar-refractivity contribution in [3.63, 3.8) is 0 Å². The number of aromatic nitrogens is 2. The summed E-state index contributed by atoms with van der Waals surface area (Å²) in [5.41, 5.74) is -0.680. The van der Waals surface area contributed by atoms with Gasteiger partial charge < -0.3 is 10.6 Å². The first-order chi connectivity index (χ1) is 12.5. The third kappa shape index (κ3) is 4.03. The molecule has 4 amide bonds. The van der Waals surface area contributed by atoms with Gasteiger partial charge in [-0.2, -0.15) is 0 Å². The number of amides is 4. The third-order valence-electron chi connectivity index (χ3n) is 4.95. The van der Waals surface area contributed by atoms with E-state index in [1.54, 1.807) is 0 Å². The zero-order chi connectivity index (χ0) is 18.6. The summed E-state index contributed by atoms with van der Waals surface area (Å²) >= 11 is 1.39. The molecule has 26 heavy (non-hydrogen) atoms. The average Bonchev–Trinajstić information content (AvgIpc) is 3.31. The summed E-state index contributed by atoms with van der Waals surface area (Å²) in [6.07, 6.45) is 7.03. The van der Waals surface area contributed by atoms with Crippen LogP contribution in [0.25, 0.3) is 0 Å². The second-order valence-corrected chi connectivity index (χ2v) is 7.99. The minimum absolute atomic E-state index is 0.134. The first kappa shape index (κ1) is 18.8. The van der Waals surface area contributed by atoms with Crippen molar-refractivity contribution in [1.82, 2.24) is 20.4 Å². The quantitative estimate of drug-likeness (QED) is 0.675. The number of hydrogen-bond acceptors (Lipinski definition) is 6. The number of carbonyl (C=O) groups is 3. The molecule has 9 heteroatoms. The standard InChI is InChI=1S/C17H25N5O3S/c1-2-3-8-13-20-21-15(26-13)18-12(23)7-6-11-22-14(24)17(19-16(22)25)9-4-5-10-17/h2-11H2,1H3,(H,19,25)(H,18,21,23). The summed E-state index contributed by atoms with van der Waals surface area (Å²) in [5, 5.41) is 15.0. The molecule has 1 aromatic heterocycles. The Hall–Kier alpha value is -2.03. The zero-order valence-electron chi connectivity index (χ0n) is 15.0. The van der Waals surface area contributed by atoms with Crippen molar-refractivity contribution in [2.24, 2.45) is 0 Å². The molecule has 1 aliphatic heterocycles. The van der Waals surface area contributed by atoms with Crippen molar-refractivity contribution in [2.45, 2.75) is 70.3 Å². The number of nitrogens with one attached hydrogen (secondary N) is 2. The minimum atomic E-state index is -0.680. The second kappa shape index (κ2) is 8.11. The van der Waals surface area contributed by atoms with Gasteiger partial charge in [-0.25, -0.2) is 4.79 Å². The molecule has 0 aromatic carbocycles. The van der Waals surface area contributed by atoms with Gasteiger partial charge in [0.25, 0.3) is 5.91 Å². The highest BCUT2D eigenvalue weighted by Crippen LogP contribution is 2.35. The molecule has 2 fully saturated rings. The molecule has 2 N–H and O–H groups in total. The number of rotatable bonds is 8.